The van der Waals surface area contributed by atoms with Crippen LogP contribution in [-0.4, -0.2) is 32.6 Å². The number of hydrogen-bond acceptors (Lipinski definition) is 4. The van der Waals surface area contributed by atoms with Crippen molar-refractivity contribution >= 4 is 21.7 Å². The minimum atomic E-state index is -4.28. The van der Waals surface area contributed by atoms with Crippen molar-refractivity contribution in [1.82, 2.24) is 0 Å². The lowest BCUT2D eigenvalue weighted by Gasteiger charge is -2.25. The van der Waals surface area contributed by atoms with Crippen molar-refractivity contribution in [3.8, 4) is 16.9 Å². The Labute approximate surface area is 177 Å². The number of fused-ring (bicyclic) bond motifs is 1. The highest BCUT2D eigenvalue weighted by atomic mass is 32.2. The summed E-state index contributed by atoms with van der Waals surface area (Å²) in [6.45, 7) is 0. The zero-order valence-electron chi connectivity index (χ0n) is 16.2. The van der Waals surface area contributed by atoms with Gasteiger partial charge in [0.25, 0.3) is 10.0 Å². The number of rotatable bonds is 5. The summed E-state index contributed by atoms with van der Waals surface area (Å²) >= 11 is 0. The zero-order chi connectivity index (χ0) is 22.3. The number of para-hydroxylation sites is 1. The number of nitrogens with zero attached hydrogens (tertiary/aromatic N) is 1. The van der Waals surface area contributed by atoms with Gasteiger partial charge >= 0.3 is 5.97 Å². The SMILES string of the molecule is COc1cccc2c1N(S(=O)(=O)c1ccc(-c3ccc(F)cc3F)cc1)C(C(=O)O)C2. The van der Waals surface area contributed by atoms with Gasteiger partial charge in [0.2, 0.25) is 0 Å². The summed E-state index contributed by atoms with van der Waals surface area (Å²) in [6, 6.07) is 12.0. The first kappa shape index (κ1) is 20.8. The summed E-state index contributed by atoms with van der Waals surface area (Å²) in [7, 11) is -2.90. The van der Waals surface area contributed by atoms with Gasteiger partial charge in [-0.15, -0.1) is 0 Å². The smallest absolute Gasteiger partial charge is 0.327 e. The summed E-state index contributed by atoms with van der Waals surface area (Å²) in [5, 5.41) is 9.66. The lowest BCUT2D eigenvalue weighted by Crippen LogP contribution is -2.42. The first-order chi connectivity index (χ1) is 14.7. The quantitative estimate of drug-likeness (QED) is 0.645. The number of benzene rings is 3. The molecule has 4 rings (SSSR count). The van der Waals surface area contributed by atoms with E-state index in [0.29, 0.717) is 11.1 Å². The number of ether oxygens (including phenoxy) is 1. The van der Waals surface area contributed by atoms with E-state index in [9.17, 15) is 27.1 Å². The Kier molecular flexibility index (Phi) is 5.14. The second-order valence-electron chi connectivity index (χ2n) is 6.98. The lowest BCUT2D eigenvalue weighted by molar-refractivity contribution is -0.138. The average molecular weight is 445 g/mol. The van der Waals surface area contributed by atoms with Crippen molar-refractivity contribution in [2.75, 3.05) is 11.4 Å². The maximum Gasteiger partial charge on any atom is 0.327 e. The van der Waals surface area contributed by atoms with Gasteiger partial charge < -0.3 is 9.84 Å². The maximum atomic E-state index is 14.1. The standard InChI is InChI=1S/C22H17F2NO5S/c1-30-20-4-2-3-14-11-19(22(26)27)25(21(14)20)31(28,29)16-8-5-13(6-9-16)17-10-7-15(23)12-18(17)24/h2-10,12,19H,11H2,1H3,(H,26,27). The molecule has 0 aliphatic carbocycles. The lowest BCUT2D eigenvalue weighted by atomic mass is 10.1. The topological polar surface area (TPSA) is 83.9 Å². The van der Waals surface area contributed by atoms with Crippen LogP contribution in [0.4, 0.5) is 14.5 Å². The third-order valence-electron chi connectivity index (χ3n) is 5.16. The molecule has 9 heteroatoms. The highest BCUT2D eigenvalue weighted by molar-refractivity contribution is 7.93. The molecule has 31 heavy (non-hydrogen) atoms. The first-order valence-electron chi connectivity index (χ1n) is 9.22. The number of carboxylic acid groups (broad SMARTS) is 1. The first-order valence-corrected chi connectivity index (χ1v) is 10.7. The van der Waals surface area contributed by atoms with Crippen molar-refractivity contribution in [2.45, 2.75) is 17.4 Å². The molecule has 0 bridgehead atoms. The van der Waals surface area contributed by atoms with E-state index in [-0.39, 0.29) is 28.3 Å². The number of aliphatic carboxylic acids is 1. The maximum absolute atomic E-state index is 14.1. The molecule has 0 saturated heterocycles. The molecule has 160 valence electrons. The molecule has 3 aromatic carbocycles. The summed E-state index contributed by atoms with van der Waals surface area (Å²) in [5.41, 5.74) is 1.19. The predicted octanol–water partition coefficient (Wildman–Crippen LogP) is 3.85. The van der Waals surface area contributed by atoms with Crippen LogP contribution in [0.2, 0.25) is 0 Å². The summed E-state index contributed by atoms with van der Waals surface area (Å²) < 4.78 is 60.2. The van der Waals surface area contributed by atoms with E-state index in [4.69, 9.17) is 4.74 Å². The van der Waals surface area contributed by atoms with Crippen LogP contribution in [0.25, 0.3) is 11.1 Å². The van der Waals surface area contributed by atoms with Gasteiger partial charge in [0.15, 0.2) is 0 Å². The number of carboxylic acids is 1. The number of halogens is 2. The van der Waals surface area contributed by atoms with Gasteiger partial charge in [-0.3, -0.25) is 0 Å². The molecule has 1 unspecified atom stereocenters. The van der Waals surface area contributed by atoms with E-state index < -0.39 is 33.7 Å². The Morgan fingerprint density at radius 2 is 1.81 bits per heavy atom. The predicted molar refractivity (Wildman–Crippen MR) is 110 cm³/mol. The van der Waals surface area contributed by atoms with E-state index in [2.05, 4.69) is 0 Å². The number of sulfonamides is 1. The molecule has 0 fully saturated rings. The number of hydrogen-bond donors (Lipinski definition) is 1. The monoisotopic (exact) mass is 445 g/mol. The van der Waals surface area contributed by atoms with Crippen LogP contribution in [0.1, 0.15) is 5.56 Å². The Balaban J connectivity index is 1.78. The number of methoxy groups -OCH3 is 1. The summed E-state index contributed by atoms with van der Waals surface area (Å²) in [4.78, 5) is 11.7. The molecular weight excluding hydrogens is 428 g/mol. The molecule has 0 amide bonds. The van der Waals surface area contributed by atoms with Gasteiger partial charge in [-0.1, -0.05) is 24.3 Å². The Hall–Kier alpha value is -3.46. The van der Waals surface area contributed by atoms with E-state index in [0.717, 1.165) is 16.4 Å². The van der Waals surface area contributed by atoms with Gasteiger partial charge in [0.1, 0.15) is 23.4 Å². The minimum Gasteiger partial charge on any atom is -0.495 e. The third kappa shape index (κ3) is 3.50. The van der Waals surface area contributed by atoms with E-state index in [1.54, 1.807) is 18.2 Å². The van der Waals surface area contributed by atoms with Crippen molar-refractivity contribution in [2.24, 2.45) is 0 Å². The van der Waals surface area contributed by atoms with Crippen LogP contribution in [0.15, 0.2) is 65.6 Å². The van der Waals surface area contributed by atoms with Crippen molar-refractivity contribution < 1.29 is 31.8 Å². The molecule has 1 heterocycles. The number of anilines is 1. The van der Waals surface area contributed by atoms with Crippen molar-refractivity contribution in [3.05, 3.63) is 77.9 Å². The average Bonchev–Trinajstić information content (AvgIpc) is 3.15. The Bertz CT molecular complexity index is 1280. The van der Waals surface area contributed by atoms with Crippen LogP contribution in [0.3, 0.4) is 0 Å². The fourth-order valence-corrected chi connectivity index (χ4v) is 5.37. The molecule has 1 N–H and O–H groups in total. The molecule has 1 atom stereocenters. The molecular formula is C22H17F2NO5S. The molecule has 6 nitrogen and oxygen atoms in total. The molecule has 3 aromatic rings. The van der Waals surface area contributed by atoms with Gasteiger partial charge in [-0.05, 0) is 41.5 Å². The van der Waals surface area contributed by atoms with Gasteiger partial charge in [0.05, 0.1) is 17.7 Å². The van der Waals surface area contributed by atoms with Gasteiger partial charge in [0, 0.05) is 18.1 Å². The Morgan fingerprint density at radius 3 is 2.42 bits per heavy atom. The second kappa shape index (κ2) is 7.66. The van der Waals surface area contributed by atoms with Crippen LogP contribution < -0.4 is 9.04 Å². The van der Waals surface area contributed by atoms with E-state index in [1.807, 2.05) is 0 Å². The highest BCUT2D eigenvalue weighted by Gasteiger charge is 2.44. The molecule has 0 spiro atoms. The number of carbonyl (C=O) groups is 1. The zero-order valence-corrected chi connectivity index (χ0v) is 17.1. The normalized spacial score (nSPS) is 15.6. The van der Waals surface area contributed by atoms with Crippen LogP contribution in [0, 0.1) is 11.6 Å². The molecule has 0 aromatic heterocycles. The van der Waals surface area contributed by atoms with Crippen LogP contribution >= 0.6 is 0 Å². The highest BCUT2D eigenvalue weighted by Crippen LogP contribution is 2.43. The molecule has 1 aliphatic rings. The summed E-state index contributed by atoms with van der Waals surface area (Å²) in [5.74, 6) is -2.54. The largest absolute Gasteiger partial charge is 0.495 e. The third-order valence-corrected chi connectivity index (χ3v) is 6.98. The minimum absolute atomic E-state index is 0.0000288. The van der Waals surface area contributed by atoms with E-state index >= 15 is 0 Å². The van der Waals surface area contributed by atoms with Crippen molar-refractivity contribution in [1.29, 1.82) is 0 Å². The van der Waals surface area contributed by atoms with Crippen LogP contribution in [0.5, 0.6) is 5.75 Å². The van der Waals surface area contributed by atoms with Crippen LogP contribution in [-0.2, 0) is 21.2 Å². The molecule has 1 aliphatic heterocycles. The summed E-state index contributed by atoms with van der Waals surface area (Å²) in [6.07, 6.45) is -0.0000288. The van der Waals surface area contributed by atoms with Gasteiger partial charge in [-0.25, -0.2) is 26.3 Å². The molecule has 0 radical (unpaired) electrons. The van der Waals surface area contributed by atoms with E-state index in [1.165, 1.54) is 37.4 Å². The molecule has 0 saturated carbocycles. The second-order valence-corrected chi connectivity index (χ2v) is 8.79. The van der Waals surface area contributed by atoms with Crippen molar-refractivity contribution in [3.63, 3.8) is 0 Å². The fourth-order valence-electron chi connectivity index (χ4n) is 3.71. The fraction of sp³-hybridized carbons (Fsp3) is 0.136. The van der Waals surface area contributed by atoms with Gasteiger partial charge in [-0.2, -0.15) is 0 Å². The Morgan fingerprint density at radius 1 is 1.10 bits per heavy atom.